The third kappa shape index (κ3) is 5.66. The average Bonchev–Trinajstić information content (AvgIpc) is 2.30. The van der Waals surface area contributed by atoms with E-state index in [0.717, 1.165) is 0 Å². The molecule has 1 aliphatic carbocycles. The summed E-state index contributed by atoms with van der Waals surface area (Å²) in [5.41, 5.74) is 0. The number of halogens is 1. The molecule has 0 aliphatic heterocycles. The molecule has 0 heterocycles. The Kier molecular flexibility index (Phi) is 4.96. The normalized spacial score (nSPS) is 21.2. The molecule has 0 aromatic carbocycles. The predicted molar refractivity (Wildman–Crippen MR) is 60.0 cm³/mol. The lowest BCUT2D eigenvalue weighted by Crippen LogP contribution is -1.97. The van der Waals surface area contributed by atoms with Crippen molar-refractivity contribution in [2.24, 2.45) is 5.92 Å². The Morgan fingerprint density at radius 2 is 1.71 bits per heavy atom. The van der Waals surface area contributed by atoms with Crippen LogP contribution in [-0.4, -0.2) is 14.2 Å². The van der Waals surface area contributed by atoms with Gasteiger partial charge in [0.05, 0.1) is 5.75 Å². The van der Waals surface area contributed by atoms with Gasteiger partial charge in [0.15, 0.2) is 0 Å². The predicted octanol–water partition coefficient (Wildman–Crippen LogP) is 3.08. The molecule has 0 atom stereocenters. The van der Waals surface area contributed by atoms with Crippen LogP contribution in [0.1, 0.15) is 38.5 Å². The monoisotopic (exact) mass is 236 g/mol. The van der Waals surface area contributed by atoms with Crippen LogP contribution in [0.2, 0.25) is 0 Å². The van der Waals surface area contributed by atoms with Gasteiger partial charge in [-0.1, -0.05) is 37.8 Å². The van der Waals surface area contributed by atoms with Crippen molar-refractivity contribution >= 4 is 19.7 Å². The molecule has 0 amide bonds. The Labute approximate surface area is 90.8 Å². The summed E-state index contributed by atoms with van der Waals surface area (Å²) >= 11 is 0. The van der Waals surface area contributed by atoms with Gasteiger partial charge in [0.2, 0.25) is 9.05 Å². The summed E-state index contributed by atoms with van der Waals surface area (Å²) in [6, 6.07) is 0. The third-order valence-electron chi connectivity index (χ3n) is 2.60. The maximum absolute atomic E-state index is 10.7. The lowest BCUT2D eigenvalue weighted by molar-refractivity contribution is 0.558. The first-order valence-electron chi connectivity index (χ1n) is 5.17. The van der Waals surface area contributed by atoms with Crippen molar-refractivity contribution in [3.63, 3.8) is 0 Å². The molecule has 0 unspecified atom stereocenters. The number of hydrogen-bond acceptors (Lipinski definition) is 2. The van der Waals surface area contributed by atoms with Crippen molar-refractivity contribution < 1.29 is 8.42 Å². The second-order valence-corrected chi connectivity index (χ2v) is 6.71. The summed E-state index contributed by atoms with van der Waals surface area (Å²) in [4.78, 5) is 0. The van der Waals surface area contributed by atoms with Crippen molar-refractivity contribution in [1.29, 1.82) is 0 Å². The van der Waals surface area contributed by atoms with Crippen LogP contribution in [0, 0.1) is 5.92 Å². The molecule has 1 aliphatic rings. The standard InChI is InChI=1S/C10H17ClO2S/c11-14(12,13)9-5-8-10-6-3-1-2-4-7-10/h5,8,10H,1-4,6-7,9H2/b8-5+. The van der Waals surface area contributed by atoms with E-state index < -0.39 is 9.05 Å². The van der Waals surface area contributed by atoms with E-state index in [1.807, 2.05) is 6.08 Å². The first-order chi connectivity index (χ1) is 6.58. The van der Waals surface area contributed by atoms with E-state index in [1.54, 1.807) is 6.08 Å². The SMILES string of the molecule is O=S(=O)(Cl)C/C=C/C1CCCCCC1. The van der Waals surface area contributed by atoms with E-state index in [4.69, 9.17) is 10.7 Å². The van der Waals surface area contributed by atoms with Crippen LogP contribution in [0.3, 0.4) is 0 Å². The van der Waals surface area contributed by atoms with Crippen LogP contribution < -0.4 is 0 Å². The highest BCUT2D eigenvalue weighted by Gasteiger charge is 2.09. The van der Waals surface area contributed by atoms with E-state index in [-0.39, 0.29) is 5.75 Å². The average molecular weight is 237 g/mol. The van der Waals surface area contributed by atoms with Gasteiger partial charge in [-0.15, -0.1) is 0 Å². The van der Waals surface area contributed by atoms with E-state index in [1.165, 1.54) is 38.5 Å². The van der Waals surface area contributed by atoms with Gasteiger partial charge in [0, 0.05) is 10.7 Å². The minimum absolute atomic E-state index is 0.0367. The Balaban J connectivity index is 2.34. The molecule has 0 radical (unpaired) electrons. The Bertz CT molecular complexity index is 274. The number of allylic oxidation sites excluding steroid dienone is 1. The van der Waals surface area contributed by atoms with Crippen LogP contribution in [0.25, 0.3) is 0 Å². The molecule has 1 saturated carbocycles. The molecule has 82 valence electrons. The van der Waals surface area contributed by atoms with Crippen molar-refractivity contribution in [2.75, 3.05) is 5.75 Å². The highest BCUT2D eigenvalue weighted by Crippen LogP contribution is 2.23. The van der Waals surface area contributed by atoms with Gasteiger partial charge in [0.1, 0.15) is 0 Å². The quantitative estimate of drug-likeness (QED) is 0.429. The Hall–Kier alpha value is -0.0200. The molecule has 0 aromatic heterocycles. The minimum Gasteiger partial charge on any atom is -0.212 e. The third-order valence-corrected chi connectivity index (χ3v) is 3.57. The van der Waals surface area contributed by atoms with Gasteiger partial charge in [0.25, 0.3) is 0 Å². The van der Waals surface area contributed by atoms with Crippen molar-refractivity contribution in [3.05, 3.63) is 12.2 Å². The summed E-state index contributed by atoms with van der Waals surface area (Å²) in [7, 11) is 1.76. The maximum Gasteiger partial charge on any atom is 0.236 e. The van der Waals surface area contributed by atoms with Crippen molar-refractivity contribution in [2.45, 2.75) is 38.5 Å². The molecule has 0 spiro atoms. The fraction of sp³-hybridized carbons (Fsp3) is 0.800. The zero-order chi connectivity index (χ0) is 10.4. The lowest BCUT2D eigenvalue weighted by Gasteiger charge is -2.06. The van der Waals surface area contributed by atoms with Gasteiger partial charge in [-0.3, -0.25) is 0 Å². The maximum atomic E-state index is 10.7. The van der Waals surface area contributed by atoms with Crippen molar-refractivity contribution in [3.8, 4) is 0 Å². The first-order valence-corrected chi connectivity index (χ1v) is 7.65. The lowest BCUT2D eigenvalue weighted by atomic mass is 10.0. The van der Waals surface area contributed by atoms with E-state index in [2.05, 4.69) is 0 Å². The van der Waals surface area contributed by atoms with Crippen molar-refractivity contribution in [1.82, 2.24) is 0 Å². The highest BCUT2D eigenvalue weighted by atomic mass is 35.7. The van der Waals surface area contributed by atoms with Crippen LogP contribution in [0.4, 0.5) is 0 Å². The topological polar surface area (TPSA) is 34.1 Å². The molecule has 2 nitrogen and oxygen atoms in total. The Morgan fingerprint density at radius 1 is 1.14 bits per heavy atom. The van der Waals surface area contributed by atoms with Gasteiger partial charge < -0.3 is 0 Å². The van der Waals surface area contributed by atoms with Gasteiger partial charge in [-0.25, -0.2) is 8.42 Å². The molecule has 0 aromatic rings. The molecule has 1 fully saturated rings. The van der Waals surface area contributed by atoms with E-state index in [9.17, 15) is 8.42 Å². The molecule has 1 rings (SSSR count). The second-order valence-electron chi connectivity index (χ2n) is 3.89. The molecule has 0 N–H and O–H groups in total. The number of rotatable bonds is 3. The largest absolute Gasteiger partial charge is 0.236 e. The minimum atomic E-state index is -3.35. The van der Waals surface area contributed by atoms with Gasteiger partial charge in [-0.2, -0.15) is 0 Å². The summed E-state index contributed by atoms with van der Waals surface area (Å²) in [5, 5.41) is 0. The molecule has 14 heavy (non-hydrogen) atoms. The van der Waals surface area contributed by atoms with Crippen LogP contribution in [0.15, 0.2) is 12.2 Å². The van der Waals surface area contributed by atoms with E-state index in [0.29, 0.717) is 5.92 Å². The molecular weight excluding hydrogens is 220 g/mol. The summed E-state index contributed by atoms with van der Waals surface area (Å²) < 4.78 is 21.3. The zero-order valence-corrected chi connectivity index (χ0v) is 9.86. The summed E-state index contributed by atoms with van der Waals surface area (Å²) in [6.45, 7) is 0. The molecular formula is C10H17ClO2S. The van der Waals surface area contributed by atoms with Crippen LogP contribution >= 0.6 is 10.7 Å². The molecule has 0 saturated heterocycles. The van der Waals surface area contributed by atoms with E-state index >= 15 is 0 Å². The van der Waals surface area contributed by atoms with Gasteiger partial charge >= 0.3 is 0 Å². The second kappa shape index (κ2) is 5.76. The first kappa shape index (κ1) is 12.1. The van der Waals surface area contributed by atoms with Crippen LogP contribution in [-0.2, 0) is 9.05 Å². The summed E-state index contributed by atoms with van der Waals surface area (Å²) in [6.07, 6.45) is 11.3. The molecule has 4 heteroatoms. The fourth-order valence-corrected chi connectivity index (χ4v) is 2.43. The summed E-state index contributed by atoms with van der Waals surface area (Å²) in [5.74, 6) is 0.529. The smallest absolute Gasteiger partial charge is 0.212 e. The molecule has 0 bridgehead atoms. The van der Waals surface area contributed by atoms with Gasteiger partial charge in [-0.05, 0) is 18.8 Å². The highest BCUT2D eigenvalue weighted by molar-refractivity contribution is 8.13. The zero-order valence-electron chi connectivity index (χ0n) is 8.28. The fourth-order valence-electron chi connectivity index (χ4n) is 1.87. The van der Waals surface area contributed by atoms with Crippen LogP contribution in [0.5, 0.6) is 0 Å². The Morgan fingerprint density at radius 3 is 2.21 bits per heavy atom. The number of hydrogen-bond donors (Lipinski definition) is 0.